The first-order valence-corrected chi connectivity index (χ1v) is 2.85. The fourth-order valence-corrected chi connectivity index (χ4v) is 0.729. The SMILES string of the molecule is O=C1N[CH]CC1OC(F)(F)F. The predicted octanol–water partition coefficient (Wildman–Crippen LogP) is 0.573. The molecule has 1 N–H and O–H groups in total. The van der Waals surface area contributed by atoms with E-state index in [0.717, 1.165) is 0 Å². The van der Waals surface area contributed by atoms with Crippen LogP contribution in [-0.4, -0.2) is 18.4 Å². The summed E-state index contributed by atoms with van der Waals surface area (Å²) in [5.74, 6) is -0.748. The Kier molecular flexibility index (Phi) is 2.03. The van der Waals surface area contributed by atoms with Gasteiger partial charge in [0.25, 0.3) is 0 Å². The van der Waals surface area contributed by atoms with Crippen molar-refractivity contribution in [2.75, 3.05) is 0 Å². The van der Waals surface area contributed by atoms with Gasteiger partial charge in [0.05, 0.1) is 6.54 Å². The highest BCUT2D eigenvalue weighted by atomic mass is 19.4. The second-order valence-electron chi connectivity index (χ2n) is 2.00. The average Bonchev–Trinajstić information content (AvgIpc) is 2.12. The molecule has 1 aliphatic heterocycles. The fourth-order valence-electron chi connectivity index (χ4n) is 0.729. The monoisotopic (exact) mass is 168 g/mol. The molecule has 1 amide bonds. The Morgan fingerprint density at radius 2 is 2.27 bits per heavy atom. The molecular weight excluding hydrogens is 163 g/mol. The molecule has 1 atom stereocenters. The van der Waals surface area contributed by atoms with Crippen molar-refractivity contribution in [3.63, 3.8) is 0 Å². The van der Waals surface area contributed by atoms with Crippen molar-refractivity contribution in [2.24, 2.45) is 0 Å². The van der Waals surface area contributed by atoms with Crippen molar-refractivity contribution in [1.29, 1.82) is 0 Å². The lowest BCUT2D eigenvalue weighted by Crippen LogP contribution is -2.30. The highest BCUT2D eigenvalue weighted by Gasteiger charge is 2.38. The lowest BCUT2D eigenvalue weighted by Gasteiger charge is -2.10. The summed E-state index contributed by atoms with van der Waals surface area (Å²) in [6.45, 7) is 1.23. The van der Waals surface area contributed by atoms with E-state index in [9.17, 15) is 18.0 Å². The topological polar surface area (TPSA) is 38.3 Å². The first-order valence-electron chi connectivity index (χ1n) is 2.85. The molecule has 11 heavy (non-hydrogen) atoms. The molecule has 1 fully saturated rings. The molecule has 1 saturated heterocycles. The summed E-state index contributed by atoms with van der Waals surface area (Å²) in [6.07, 6.45) is -6.19. The first-order chi connectivity index (χ1) is 4.99. The fraction of sp³-hybridized carbons (Fsp3) is 0.600. The van der Waals surface area contributed by atoms with Crippen molar-refractivity contribution in [3.05, 3.63) is 6.54 Å². The number of amides is 1. The molecule has 0 spiro atoms. The predicted molar refractivity (Wildman–Crippen MR) is 28.0 cm³/mol. The van der Waals surface area contributed by atoms with Crippen molar-refractivity contribution in [2.45, 2.75) is 18.9 Å². The third-order valence-electron chi connectivity index (χ3n) is 1.14. The van der Waals surface area contributed by atoms with Gasteiger partial charge >= 0.3 is 6.36 Å². The van der Waals surface area contributed by atoms with Crippen molar-refractivity contribution < 1.29 is 22.7 Å². The molecule has 6 heteroatoms. The van der Waals surface area contributed by atoms with Crippen LogP contribution in [0, 0.1) is 6.54 Å². The van der Waals surface area contributed by atoms with Crippen LogP contribution in [0.4, 0.5) is 13.2 Å². The summed E-state index contributed by atoms with van der Waals surface area (Å²) in [4.78, 5) is 10.5. The Morgan fingerprint density at radius 1 is 1.64 bits per heavy atom. The third-order valence-corrected chi connectivity index (χ3v) is 1.14. The molecule has 0 aromatic rings. The normalized spacial score (nSPS) is 25.4. The van der Waals surface area contributed by atoms with E-state index in [0.29, 0.717) is 0 Å². The lowest BCUT2D eigenvalue weighted by molar-refractivity contribution is -0.336. The number of rotatable bonds is 1. The molecule has 1 aliphatic rings. The summed E-state index contributed by atoms with van der Waals surface area (Å²) >= 11 is 0. The van der Waals surface area contributed by atoms with Crippen LogP contribution in [0.2, 0.25) is 0 Å². The third kappa shape index (κ3) is 2.38. The number of carbonyl (C=O) groups excluding carboxylic acids is 1. The number of alkyl halides is 3. The van der Waals surface area contributed by atoms with E-state index in [-0.39, 0.29) is 6.42 Å². The van der Waals surface area contributed by atoms with Gasteiger partial charge in [0.2, 0.25) is 5.91 Å². The molecule has 0 aromatic carbocycles. The van der Waals surface area contributed by atoms with E-state index in [1.54, 1.807) is 0 Å². The summed E-state index contributed by atoms with van der Waals surface area (Å²) < 4.78 is 37.9. The Hall–Kier alpha value is -0.780. The zero-order valence-corrected chi connectivity index (χ0v) is 5.31. The molecule has 3 nitrogen and oxygen atoms in total. The van der Waals surface area contributed by atoms with Crippen LogP contribution < -0.4 is 5.32 Å². The van der Waals surface area contributed by atoms with Gasteiger partial charge in [-0.15, -0.1) is 13.2 Å². The van der Waals surface area contributed by atoms with E-state index in [1.807, 2.05) is 0 Å². The molecule has 1 heterocycles. The van der Waals surface area contributed by atoms with E-state index in [1.165, 1.54) is 6.54 Å². The number of halogens is 3. The molecule has 0 saturated carbocycles. The maximum atomic E-state index is 11.5. The van der Waals surface area contributed by atoms with Crippen LogP contribution >= 0.6 is 0 Å². The van der Waals surface area contributed by atoms with E-state index >= 15 is 0 Å². The second kappa shape index (κ2) is 2.69. The molecule has 1 rings (SSSR count). The van der Waals surface area contributed by atoms with Crippen LogP contribution in [0.5, 0.6) is 0 Å². The lowest BCUT2D eigenvalue weighted by atomic mass is 10.3. The van der Waals surface area contributed by atoms with Gasteiger partial charge in [-0.2, -0.15) is 0 Å². The van der Waals surface area contributed by atoms with Gasteiger partial charge in [0.15, 0.2) is 0 Å². The zero-order valence-electron chi connectivity index (χ0n) is 5.31. The van der Waals surface area contributed by atoms with Gasteiger partial charge < -0.3 is 5.32 Å². The molecule has 1 unspecified atom stereocenters. The number of hydrogen-bond donors (Lipinski definition) is 1. The van der Waals surface area contributed by atoms with Crippen LogP contribution in [0.25, 0.3) is 0 Å². The quantitative estimate of drug-likeness (QED) is 0.621. The Morgan fingerprint density at radius 3 is 2.64 bits per heavy atom. The smallest absolute Gasteiger partial charge is 0.349 e. The average molecular weight is 168 g/mol. The van der Waals surface area contributed by atoms with Gasteiger partial charge in [-0.25, -0.2) is 0 Å². The van der Waals surface area contributed by atoms with Crippen molar-refractivity contribution >= 4 is 5.91 Å². The maximum Gasteiger partial charge on any atom is 0.523 e. The summed E-state index contributed by atoms with van der Waals surface area (Å²) in [6, 6.07) is 0. The largest absolute Gasteiger partial charge is 0.523 e. The second-order valence-corrected chi connectivity index (χ2v) is 2.00. The molecular formula is C5H5F3NO2. The number of hydrogen-bond acceptors (Lipinski definition) is 2. The van der Waals surface area contributed by atoms with E-state index in [4.69, 9.17) is 0 Å². The van der Waals surface area contributed by atoms with Crippen LogP contribution in [0.1, 0.15) is 6.42 Å². The van der Waals surface area contributed by atoms with Crippen LogP contribution in [0.3, 0.4) is 0 Å². The highest BCUT2D eigenvalue weighted by Crippen LogP contribution is 2.22. The maximum absolute atomic E-state index is 11.5. The minimum absolute atomic E-state index is 0.0433. The van der Waals surface area contributed by atoms with Gasteiger partial charge in [-0.1, -0.05) is 0 Å². The molecule has 0 bridgehead atoms. The molecule has 1 radical (unpaired) electrons. The minimum atomic E-state index is -4.74. The summed E-state index contributed by atoms with van der Waals surface area (Å²) in [5, 5.41) is 2.10. The number of ether oxygens (including phenoxy) is 1. The summed E-state index contributed by atoms with van der Waals surface area (Å²) in [7, 11) is 0. The van der Waals surface area contributed by atoms with E-state index < -0.39 is 18.4 Å². The standard InChI is InChI=1S/C5H5F3NO2/c6-5(7,8)11-3-1-2-9-4(3)10/h2-3H,1H2,(H,9,10). The van der Waals surface area contributed by atoms with Crippen LogP contribution in [-0.2, 0) is 9.53 Å². The van der Waals surface area contributed by atoms with Crippen molar-refractivity contribution in [3.8, 4) is 0 Å². The van der Waals surface area contributed by atoms with Gasteiger partial charge in [-0.3, -0.25) is 9.53 Å². The van der Waals surface area contributed by atoms with Gasteiger partial charge in [0, 0.05) is 6.42 Å². The van der Waals surface area contributed by atoms with Crippen molar-refractivity contribution in [1.82, 2.24) is 5.32 Å². The zero-order chi connectivity index (χ0) is 8.48. The molecule has 0 aliphatic carbocycles. The number of carbonyl (C=O) groups is 1. The van der Waals surface area contributed by atoms with Gasteiger partial charge in [-0.05, 0) is 0 Å². The first kappa shape index (κ1) is 8.32. The minimum Gasteiger partial charge on any atom is -0.349 e. The van der Waals surface area contributed by atoms with E-state index in [2.05, 4.69) is 10.1 Å². The van der Waals surface area contributed by atoms with Crippen LogP contribution in [0.15, 0.2) is 0 Å². The Bertz CT molecular complexity index is 168. The van der Waals surface area contributed by atoms with Gasteiger partial charge in [0.1, 0.15) is 6.10 Å². The highest BCUT2D eigenvalue weighted by molar-refractivity contribution is 5.83. The molecule has 0 aromatic heterocycles. The molecule has 63 valence electrons. The Labute approximate surface area is 60.5 Å². The Balaban J connectivity index is 2.43. The summed E-state index contributed by atoms with van der Waals surface area (Å²) in [5.41, 5.74) is 0. The number of nitrogens with one attached hydrogen (secondary N) is 1.